The number of aromatic nitrogens is 2. The highest BCUT2D eigenvalue weighted by atomic mass is 15.2. The maximum absolute atomic E-state index is 5.01. The van der Waals surface area contributed by atoms with Crippen molar-refractivity contribution >= 4 is 28.1 Å². The standard InChI is InChI=1S/C39H29N3/c1-2-38-40-34-14-9-15-36-39(34)42(38)35-25-24-32(26-37(35)41(36)33-12-7-4-8-13-33)31-22-20-30(21-23-31)29-18-16-28(17-19-29)27-10-5-3-6-11-27/h3-26H,2H2,1H3. The van der Waals surface area contributed by atoms with Crippen molar-refractivity contribution in [2.75, 3.05) is 4.90 Å². The molecule has 0 spiro atoms. The minimum Gasteiger partial charge on any atom is -0.306 e. The lowest BCUT2D eigenvalue weighted by Gasteiger charge is -2.33. The number of rotatable bonds is 5. The molecule has 6 aromatic carbocycles. The molecule has 3 nitrogen and oxygen atoms in total. The molecule has 2 heterocycles. The van der Waals surface area contributed by atoms with Crippen molar-refractivity contribution in [3.8, 4) is 39.1 Å². The van der Waals surface area contributed by atoms with E-state index in [1.807, 2.05) is 0 Å². The first-order valence-electron chi connectivity index (χ1n) is 14.5. The van der Waals surface area contributed by atoms with Crippen LogP contribution in [0.25, 0.3) is 50.1 Å². The van der Waals surface area contributed by atoms with Gasteiger partial charge in [0.25, 0.3) is 0 Å². The van der Waals surface area contributed by atoms with E-state index in [0.717, 1.165) is 40.5 Å². The minimum absolute atomic E-state index is 0.869. The van der Waals surface area contributed by atoms with E-state index < -0.39 is 0 Å². The van der Waals surface area contributed by atoms with Gasteiger partial charge >= 0.3 is 0 Å². The Bertz CT molecular complexity index is 2040. The molecule has 0 aliphatic carbocycles. The van der Waals surface area contributed by atoms with Crippen LogP contribution in [0.5, 0.6) is 0 Å². The van der Waals surface area contributed by atoms with E-state index in [9.17, 15) is 0 Å². The summed E-state index contributed by atoms with van der Waals surface area (Å²) in [7, 11) is 0. The lowest BCUT2D eigenvalue weighted by atomic mass is 9.97. The predicted molar refractivity (Wildman–Crippen MR) is 175 cm³/mol. The fourth-order valence-corrected chi connectivity index (χ4v) is 6.23. The van der Waals surface area contributed by atoms with Crippen LogP contribution in [-0.2, 0) is 6.42 Å². The number of para-hydroxylation sites is 2. The normalized spacial score (nSPS) is 12.0. The molecular weight excluding hydrogens is 510 g/mol. The van der Waals surface area contributed by atoms with Crippen molar-refractivity contribution in [2.45, 2.75) is 13.3 Å². The molecule has 1 aliphatic rings. The molecule has 0 bridgehead atoms. The van der Waals surface area contributed by atoms with Gasteiger partial charge in [-0.25, -0.2) is 4.98 Å². The second-order valence-corrected chi connectivity index (χ2v) is 10.8. The molecule has 200 valence electrons. The van der Waals surface area contributed by atoms with Crippen LogP contribution in [0.15, 0.2) is 146 Å². The summed E-state index contributed by atoms with van der Waals surface area (Å²) >= 11 is 0. The van der Waals surface area contributed by atoms with Crippen molar-refractivity contribution in [1.29, 1.82) is 0 Å². The zero-order valence-corrected chi connectivity index (χ0v) is 23.4. The second-order valence-electron chi connectivity index (χ2n) is 10.8. The molecule has 0 radical (unpaired) electrons. The third-order valence-corrected chi connectivity index (χ3v) is 8.30. The maximum Gasteiger partial charge on any atom is 0.114 e. The Balaban J connectivity index is 1.20. The van der Waals surface area contributed by atoms with Crippen LogP contribution in [0.2, 0.25) is 0 Å². The lowest BCUT2D eigenvalue weighted by Crippen LogP contribution is -2.19. The molecule has 1 aliphatic heterocycles. The van der Waals surface area contributed by atoms with Crippen molar-refractivity contribution in [2.24, 2.45) is 0 Å². The number of anilines is 3. The van der Waals surface area contributed by atoms with E-state index in [2.05, 4.69) is 162 Å². The van der Waals surface area contributed by atoms with Crippen LogP contribution in [0.4, 0.5) is 17.1 Å². The fourth-order valence-electron chi connectivity index (χ4n) is 6.23. The third-order valence-electron chi connectivity index (χ3n) is 8.30. The number of benzene rings is 6. The lowest BCUT2D eigenvalue weighted by molar-refractivity contribution is 0.900. The summed E-state index contributed by atoms with van der Waals surface area (Å²) in [4.78, 5) is 7.39. The molecule has 1 aromatic heterocycles. The van der Waals surface area contributed by atoms with Gasteiger partial charge in [-0.15, -0.1) is 0 Å². The van der Waals surface area contributed by atoms with E-state index >= 15 is 0 Å². The van der Waals surface area contributed by atoms with Crippen LogP contribution < -0.4 is 4.90 Å². The Kier molecular flexibility index (Phi) is 5.75. The van der Waals surface area contributed by atoms with Gasteiger partial charge in [0, 0.05) is 12.1 Å². The van der Waals surface area contributed by atoms with Crippen LogP contribution in [0, 0.1) is 0 Å². The minimum atomic E-state index is 0.869. The molecular formula is C39H29N3. The summed E-state index contributed by atoms with van der Waals surface area (Å²) in [5.74, 6) is 1.08. The molecule has 0 N–H and O–H groups in total. The first kappa shape index (κ1) is 24.4. The first-order valence-corrected chi connectivity index (χ1v) is 14.5. The Hall–Kier alpha value is -5.41. The van der Waals surface area contributed by atoms with Crippen molar-refractivity contribution in [3.05, 3.63) is 151 Å². The molecule has 8 rings (SSSR count). The van der Waals surface area contributed by atoms with Crippen LogP contribution >= 0.6 is 0 Å². The number of imidazole rings is 1. The topological polar surface area (TPSA) is 21.1 Å². The highest BCUT2D eigenvalue weighted by Gasteiger charge is 2.28. The number of nitrogens with zero attached hydrogens (tertiary/aromatic N) is 3. The summed E-state index contributed by atoms with van der Waals surface area (Å²) in [6, 6.07) is 52.2. The first-order chi connectivity index (χ1) is 20.8. The average molecular weight is 540 g/mol. The Labute approximate surface area is 246 Å². The number of fused-ring (bicyclic) bond motifs is 2. The van der Waals surface area contributed by atoms with E-state index in [1.54, 1.807) is 0 Å². The van der Waals surface area contributed by atoms with Crippen LogP contribution in [0.3, 0.4) is 0 Å². The average Bonchev–Trinajstić information content (AvgIpc) is 3.46. The monoisotopic (exact) mass is 539 g/mol. The number of aryl methyl sites for hydroxylation is 1. The van der Waals surface area contributed by atoms with Gasteiger partial charge in [-0.05, 0) is 69.8 Å². The highest BCUT2D eigenvalue weighted by molar-refractivity contribution is 6.02. The molecule has 0 fully saturated rings. The SMILES string of the molecule is CCc1nc2cccc3c2n1-c1ccc(-c2ccc(-c4ccc(-c5ccccc5)cc4)cc2)cc1N3c1ccccc1. The number of hydrogen-bond acceptors (Lipinski definition) is 2. The summed E-state index contributed by atoms with van der Waals surface area (Å²) < 4.78 is 2.35. The summed E-state index contributed by atoms with van der Waals surface area (Å²) in [6.45, 7) is 2.18. The van der Waals surface area contributed by atoms with E-state index in [1.165, 1.54) is 38.9 Å². The van der Waals surface area contributed by atoms with E-state index in [4.69, 9.17) is 4.98 Å². The number of hydrogen-bond donors (Lipinski definition) is 0. The molecule has 0 saturated heterocycles. The molecule has 42 heavy (non-hydrogen) atoms. The molecule has 0 saturated carbocycles. The summed E-state index contributed by atoms with van der Waals surface area (Å²) in [5.41, 5.74) is 14.1. The van der Waals surface area contributed by atoms with Gasteiger partial charge in [-0.1, -0.05) is 116 Å². The van der Waals surface area contributed by atoms with Crippen molar-refractivity contribution in [3.63, 3.8) is 0 Å². The molecule has 0 unspecified atom stereocenters. The van der Waals surface area contributed by atoms with Gasteiger partial charge in [0.1, 0.15) is 5.82 Å². The predicted octanol–water partition coefficient (Wildman–Crippen LogP) is 10.4. The molecule has 0 atom stereocenters. The van der Waals surface area contributed by atoms with Gasteiger partial charge in [-0.2, -0.15) is 0 Å². The fraction of sp³-hybridized carbons (Fsp3) is 0.0513. The van der Waals surface area contributed by atoms with Crippen LogP contribution in [0.1, 0.15) is 12.7 Å². The van der Waals surface area contributed by atoms with E-state index in [0.29, 0.717) is 0 Å². The van der Waals surface area contributed by atoms with Crippen LogP contribution in [-0.4, -0.2) is 9.55 Å². The molecule has 0 amide bonds. The van der Waals surface area contributed by atoms with Gasteiger partial charge in [-0.3, -0.25) is 4.57 Å². The van der Waals surface area contributed by atoms with Gasteiger partial charge < -0.3 is 4.90 Å². The summed E-state index contributed by atoms with van der Waals surface area (Å²) in [5, 5.41) is 0. The smallest absolute Gasteiger partial charge is 0.114 e. The van der Waals surface area contributed by atoms with Gasteiger partial charge in [0.15, 0.2) is 0 Å². The Morgan fingerprint density at radius 1 is 0.476 bits per heavy atom. The molecule has 7 aromatic rings. The highest BCUT2D eigenvalue weighted by Crippen LogP contribution is 2.48. The van der Waals surface area contributed by atoms with Gasteiger partial charge in [0.05, 0.1) is 28.1 Å². The zero-order chi connectivity index (χ0) is 28.0. The zero-order valence-electron chi connectivity index (χ0n) is 23.4. The van der Waals surface area contributed by atoms with Gasteiger partial charge in [0.2, 0.25) is 0 Å². The van der Waals surface area contributed by atoms with Crippen molar-refractivity contribution < 1.29 is 0 Å². The second kappa shape index (κ2) is 9.90. The summed E-state index contributed by atoms with van der Waals surface area (Å²) in [6.07, 6.45) is 0.869. The van der Waals surface area contributed by atoms with E-state index in [-0.39, 0.29) is 0 Å². The third kappa shape index (κ3) is 3.93. The Morgan fingerprint density at radius 3 is 1.64 bits per heavy atom. The molecule has 3 heteroatoms. The largest absolute Gasteiger partial charge is 0.306 e. The van der Waals surface area contributed by atoms with Crippen molar-refractivity contribution in [1.82, 2.24) is 9.55 Å². The quantitative estimate of drug-likeness (QED) is 0.217. The Morgan fingerprint density at radius 2 is 1.02 bits per heavy atom. The maximum atomic E-state index is 5.01.